The Hall–Kier alpha value is -2.78. The number of anilines is 2. The van der Waals surface area contributed by atoms with Crippen LogP contribution in [0.2, 0.25) is 0 Å². The Labute approximate surface area is 198 Å². The topological polar surface area (TPSA) is 91.0 Å². The molecule has 0 saturated carbocycles. The quantitative estimate of drug-likeness (QED) is 0.444. The van der Waals surface area contributed by atoms with Gasteiger partial charge in [0.2, 0.25) is 5.91 Å². The van der Waals surface area contributed by atoms with Crippen LogP contribution in [-0.2, 0) is 17.6 Å². The van der Waals surface area contributed by atoms with Crippen molar-refractivity contribution < 1.29 is 4.79 Å². The van der Waals surface area contributed by atoms with Crippen LogP contribution in [0.15, 0.2) is 29.3 Å². The van der Waals surface area contributed by atoms with Crippen molar-refractivity contribution in [2.45, 2.75) is 39.0 Å². The molecule has 1 aromatic carbocycles. The molecule has 3 aromatic heterocycles. The number of thiazole rings is 1. The summed E-state index contributed by atoms with van der Waals surface area (Å²) in [7, 11) is 0. The summed E-state index contributed by atoms with van der Waals surface area (Å²) in [6, 6.07) is 5.83. The maximum absolute atomic E-state index is 13.2. The first-order chi connectivity index (χ1) is 16.0. The Kier molecular flexibility index (Phi) is 5.18. The number of benzene rings is 1. The van der Waals surface area contributed by atoms with Gasteiger partial charge in [0.15, 0.2) is 0 Å². The van der Waals surface area contributed by atoms with Crippen LogP contribution in [0, 0.1) is 11.8 Å². The highest BCUT2D eigenvalue weighted by Gasteiger charge is 2.32. The molecule has 9 heteroatoms. The van der Waals surface area contributed by atoms with Crippen LogP contribution < -0.4 is 10.2 Å². The summed E-state index contributed by atoms with van der Waals surface area (Å²) in [5, 5.41) is 4.51. The maximum Gasteiger partial charge on any atom is 0.305 e. The second-order valence-electron chi connectivity index (χ2n) is 9.20. The number of aryl methyl sites for hydroxylation is 1. The first-order valence-electron chi connectivity index (χ1n) is 11.5. The molecule has 1 aliphatic heterocycles. The third kappa shape index (κ3) is 3.83. The second kappa shape index (κ2) is 8.22. The number of hydrogen-bond donors (Lipinski definition) is 2. The fraction of sp³-hybridized carbons (Fsp3) is 0.417. The minimum atomic E-state index is -0.0540. The lowest BCUT2D eigenvalue weighted by Crippen LogP contribution is -2.42. The van der Waals surface area contributed by atoms with Crippen molar-refractivity contribution >= 4 is 60.5 Å². The first-order valence-corrected chi connectivity index (χ1v) is 13.1. The minimum absolute atomic E-state index is 0.0540. The summed E-state index contributed by atoms with van der Waals surface area (Å²) in [6.45, 7) is 4.07. The van der Waals surface area contributed by atoms with Crippen LogP contribution in [0.5, 0.6) is 0 Å². The van der Waals surface area contributed by atoms with Gasteiger partial charge in [0, 0.05) is 29.6 Å². The smallest absolute Gasteiger partial charge is 0.305 e. The Morgan fingerprint density at radius 3 is 2.88 bits per heavy atom. The highest BCUT2D eigenvalue weighted by atomic mass is 32.1. The van der Waals surface area contributed by atoms with Crippen molar-refractivity contribution in [2.75, 3.05) is 18.4 Å². The molecule has 2 aliphatic rings. The first kappa shape index (κ1) is 20.8. The normalized spacial score (nSPS) is 19.2. The number of H-pyrrole nitrogens is 1. The third-order valence-corrected chi connectivity index (χ3v) is 8.98. The number of likely N-dealkylation sites (tertiary alicyclic amines) is 1. The van der Waals surface area contributed by atoms with Crippen LogP contribution in [-0.4, -0.2) is 38.8 Å². The lowest BCUT2D eigenvalue weighted by Gasteiger charge is -2.34. The molecule has 6 rings (SSSR count). The van der Waals surface area contributed by atoms with E-state index >= 15 is 0 Å². The molecule has 1 atom stereocenters. The van der Waals surface area contributed by atoms with Crippen LogP contribution in [0.4, 0.5) is 11.5 Å². The maximum atomic E-state index is 13.2. The lowest BCUT2D eigenvalue weighted by molar-refractivity contribution is -0.137. The van der Waals surface area contributed by atoms with Gasteiger partial charge in [-0.25, -0.2) is 9.97 Å². The van der Waals surface area contributed by atoms with Gasteiger partial charge in [-0.1, -0.05) is 18.3 Å². The van der Waals surface area contributed by atoms with E-state index in [2.05, 4.69) is 32.1 Å². The highest BCUT2D eigenvalue weighted by molar-refractivity contribution is 7.19. The van der Waals surface area contributed by atoms with Gasteiger partial charge in [-0.15, -0.1) is 11.3 Å². The van der Waals surface area contributed by atoms with Crippen molar-refractivity contribution in [2.24, 2.45) is 11.8 Å². The Morgan fingerprint density at radius 1 is 1.18 bits per heavy atom. The zero-order chi connectivity index (χ0) is 22.5. The number of nitrogens with one attached hydrogen (secondary N) is 2. The molecule has 0 bridgehead atoms. The van der Waals surface area contributed by atoms with Gasteiger partial charge in [0.1, 0.15) is 17.0 Å². The number of aromatic amines is 1. The predicted molar refractivity (Wildman–Crippen MR) is 134 cm³/mol. The molecule has 2 N–H and O–H groups in total. The molecule has 0 unspecified atom stereocenters. The van der Waals surface area contributed by atoms with E-state index in [1.165, 1.54) is 21.8 Å². The summed E-state index contributed by atoms with van der Waals surface area (Å²) >= 11 is 2.89. The van der Waals surface area contributed by atoms with Crippen molar-refractivity contribution in [3.63, 3.8) is 0 Å². The van der Waals surface area contributed by atoms with Crippen LogP contribution in [0.3, 0.4) is 0 Å². The number of aromatic nitrogens is 3. The van der Waals surface area contributed by atoms with E-state index < -0.39 is 0 Å². The number of piperidine rings is 1. The van der Waals surface area contributed by atoms with Crippen molar-refractivity contribution in [3.8, 4) is 0 Å². The summed E-state index contributed by atoms with van der Waals surface area (Å²) in [4.78, 5) is 41.0. The monoisotopic (exact) mass is 479 g/mol. The molecule has 4 heterocycles. The van der Waals surface area contributed by atoms with Gasteiger partial charge in [-0.05, 0) is 61.8 Å². The molecular weight excluding hydrogens is 454 g/mol. The average molecular weight is 480 g/mol. The fourth-order valence-electron chi connectivity index (χ4n) is 5.06. The minimum Gasteiger partial charge on any atom is -0.342 e. The van der Waals surface area contributed by atoms with E-state index in [4.69, 9.17) is 0 Å². The lowest BCUT2D eigenvalue weighted by atomic mass is 9.86. The van der Waals surface area contributed by atoms with Crippen molar-refractivity contribution in [1.82, 2.24) is 19.9 Å². The van der Waals surface area contributed by atoms with Gasteiger partial charge in [0.25, 0.3) is 0 Å². The van der Waals surface area contributed by atoms with Crippen molar-refractivity contribution in [1.29, 1.82) is 0 Å². The zero-order valence-corrected chi connectivity index (χ0v) is 20.0. The van der Waals surface area contributed by atoms with Crippen molar-refractivity contribution in [3.05, 3.63) is 44.6 Å². The molecule has 1 aliphatic carbocycles. The largest absolute Gasteiger partial charge is 0.342 e. The van der Waals surface area contributed by atoms with E-state index in [1.54, 1.807) is 17.7 Å². The number of rotatable bonds is 3. The van der Waals surface area contributed by atoms with E-state index in [1.807, 2.05) is 18.2 Å². The number of carbonyl (C=O) groups is 1. The molecule has 170 valence electrons. The molecule has 0 spiro atoms. The Morgan fingerprint density at radius 2 is 2.03 bits per heavy atom. The summed E-state index contributed by atoms with van der Waals surface area (Å²) in [5.41, 5.74) is 3.01. The van der Waals surface area contributed by atoms with Crippen LogP contribution in [0.1, 0.15) is 36.6 Å². The number of nitrogens with zero attached hydrogens (tertiary/aromatic N) is 3. The van der Waals surface area contributed by atoms with Gasteiger partial charge < -0.3 is 15.2 Å². The SMILES string of the molecule is CC1CCN(C(=O)[C@@H]2CCc3c(sc4ncnc(Nc5ccc6[nH]c(=O)sc6c5)c34)C2)CC1. The predicted octanol–water partition coefficient (Wildman–Crippen LogP) is 4.70. The number of amides is 1. The molecule has 0 radical (unpaired) electrons. The van der Waals surface area contributed by atoms with E-state index in [9.17, 15) is 9.59 Å². The van der Waals surface area contributed by atoms with E-state index in [0.717, 1.165) is 83.1 Å². The number of thiophene rings is 1. The van der Waals surface area contributed by atoms with E-state index in [0.29, 0.717) is 5.91 Å². The molecule has 7 nitrogen and oxygen atoms in total. The second-order valence-corrected chi connectivity index (χ2v) is 11.3. The molecule has 4 aromatic rings. The fourth-order valence-corrected chi connectivity index (χ4v) is 7.11. The van der Waals surface area contributed by atoms with Crippen LogP contribution >= 0.6 is 22.7 Å². The molecule has 1 saturated heterocycles. The zero-order valence-electron chi connectivity index (χ0n) is 18.4. The molecule has 1 fully saturated rings. The molecule has 33 heavy (non-hydrogen) atoms. The molecule has 1 amide bonds. The average Bonchev–Trinajstić information content (AvgIpc) is 3.38. The van der Waals surface area contributed by atoms with Gasteiger partial charge in [-0.3, -0.25) is 9.59 Å². The Bertz CT molecular complexity index is 1410. The number of fused-ring (bicyclic) bond motifs is 4. The summed E-state index contributed by atoms with van der Waals surface area (Å²) in [6.07, 6.45) is 6.37. The van der Waals surface area contributed by atoms with Gasteiger partial charge in [0.05, 0.1) is 15.6 Å². The van der Waals surface area contributed by atoms with Crippen LogP contribution in [0.25, 0.3) is 20.4 Å². The highest BCUT2D eigenvalue weighted by Crippen LogP contribution is 2.41. The number of hydrogen-bond acceptors (Lipinski definition) is 7. The van der Waals surface area contributed by atoms with Gasteiger partial charge >= 0.3 is 4.87 Å². The van der Waals surface area contributed by atoms with Gasteiger partial charge in [-0.2, -0.15) is 0 Å². The third-order valence-electron chi connectivity index (χ3n) is 6.97. The van der Waals surface area contributed by atoms with E-state index in [-0.39, 0.29) is 10.8 Å². The summed E-state index contributed by atoms with van der Waals surface area (Å²) < 4.78 is 0.913. The number of carbonyl (C=O) groups excluding carboxylic acids is 1. The summed E-state index contributed by atoms with van der Waals surface area (Å²) in [5.74, 6) is 1.91. The molecular formula is C24H25N5O2S2. The Balaban J connectivity index is 1.28. The standard InChI is InChI=1S/C24H25N5O2S2/c1-13-6-8-29(9-7-13)23(30)14-2-4-16-18(10-14)32-22-20(16)21(25-12-26-22)27-15-3-5-17-19(11-15)33-24(31)28-17/h3,5,11-14H,2,4,6-10H2,1H3,(H,28,31)(H,25,26,27)/t14-/m1/s1.